The van der Waals surface area contributed by atoms with Crippen LogP contribution in [0.5, 0.6) is 34.5 Å². The molecule has 34 heavy (non-hydrogen) atoms. The van der Waals surface area contributed by atoms with Gasteiger partial charge in [0, 0.05) is 11.6 Å². The largest absolute Gasteiger partial charge is 0.507 e. The summed E-state index contributed by atoms with van der Waals surface area (Å²) in [6.45, 7) is -0.774. The van der Waals surface area contributed by atoms with Crippen LogP contribution in [-0.4, -0.2) is 83.3 Å². The number of ether oxygens (including phenoxy) is 2. The second-order valence-electron chi connectivity index (χ2n) is 7.58. The molecule has 1 saturated heterocycles. The van der Waals surface area contributed by atoms with E-state index < -0.39 is 94.0 Å². The first-order valence-corrected chi connectivity index (χ1v) is 9.79. The summed E-state index contributed by atoms with van der Waals surface area (Å²) in [7, 11) is 0. The molecule has 0 aliphatic carbocycles. The van der Waals surface area contributed by atoms with Crippen molar-refractivity contribution in [2.75, 3.05) is 6.61 Å². The quantitative estimate of drug-likeness (QED) is 0.164. The predicted octanol–water partition coefficient (Wildman–Crippen LogP) is -0.833. The van der Waals surface area contributed by atoms with Gasteiger partial charge in [-0.15, -0.1) is 0 Å². The van der Waals surface area contributed by atoms with E-state index in [-0.39, 0.29) is 5.56 Å². The fraction of sp³-hybridized carbons (Fsp3) is 0.286. The van der Waals surface area contributed by atoms with Gasteiger partial charge in [-0.05, 0) is 18.2 Å². The third-order valence-corrected chi connectivity index (χ3v) is 5.38. The maximum absolute atomic E-state index is 13.3. The number of aromatic hydroxyl groups is 5. The van der Waals surface area contributed by atoms with E-state index in [1.807, 2.05) is 0 Å². The smallest absolute Gasteiger partial charge is 0.239 e. The Kier molecular flexibility index (Phi) is 5.89. The van der Waals surface area contributed by atoms with Crippen LogP contribution in [0.4, 0.5) is 0 Å². The van der Waals surface area contributed by atoms with E-state index >= 15 is 0 Å². The summed E-state index contributed by atoms with van der Waals surface area (Å²) in [6.07, 6.45) is -8.64. The molecule has 0 saturated carbocycles. The van der Waals surface area contributed by atoms with Crippen LogP contribution in [0.3, 0.4) is 0 Å². The number of hydrogen-bond acceptors (Lipinski definition) is 13. The number of phenols is 5. The van der Waals surface area contributed by atoms with E-state index in [1.54, 1.807) is 0 Å². The van der Waals surface area contributed by atoms with Gasteiger partial charge in [0.05, 0.1) is 6.61 Å². The highest BCUT2D eigenvalue weighted by atomic mass is 16.7. The van der Waals surface area contributed by atoms with Gasteiger partial charge in [-0.3, -0.25) is 4.79 Å². The van der Waals surface area contributed by atoms with Gasteiger partial charge in [-0.1, -0.05) is 0 Å². The molecule has 2 heterocycles. The number of benzene rings is 2. The number of phenolic OH excluding ortho intramolecular Hbond substituents is 5. The van der Waals surface area contributed by atoms with E-state index in [0.717, 1.165) is 12.1 Å². The van der Waals surface area contributed by atoms with Crippen LogP contribution < -0.4 is 10.2 Å². The lowest BCUT2D eigenvalue weighted by Crippen LogP contribution is -2.60. The van der Waals surface area contributed by atoms with Crippen LogP contribution in [0, 0.1) is 0 Å². The van der Waals surface area contributed by atoms with E-state index in [4.69, 9.17) is 13.9 Å². The zero-order chi connectivity index (χ0) is 24.9. The second kappa shape index (κ2) is 8.55. The lowest BCUT2D eigenvalue weighted by Gasteiger charge is -2.39. The average molecular weight is 480 g/mol. The van der Waals surface area contributed by atoms with E-state index in [1.165, 1.54) is 6.07 Å². The molecule has 5 atom stereocenters. The number of aliphatic hydroxyl groups excluding tert-OH is 4. The Labute approximate surface area is 189 Å². The highest BCUT2D eigenvalue weighted by molar-refractivity contribution is 5.93. The fourth-order valence-corrected chi connectivity index (χ4v) is 3.55. The Bertz CT molecular complexity index is 1300. The Hall–Kier alpha value is -3.75. The minimum Gasteiger partial charge on any atom is -0.507 e. The van der Waals surface area contributed by atoms with E-state index in [2.05, 4.69) is 0 Å². The summed E-state index contributed by atoms with van der Waals surface area (Å²) >= 11 is 0. The molecule has 1 fully saturated rings. The van der Waals surface area contributed by atoms with Crippen LogP contribution in [0.1, 0.15) is 0 Å². The van der Waals surface area contributed by atoms with Crippen LogP contribution in [0.2, 0.25) is 0 Å². The van der Waals surface area contributed by atoms with Crippen molar-refractivity contribution >= 4 is 11.0 Å². The molecular weight excluding hydrogens is 460 g/mol. The van der Waals surface area contributed by atoms with Crippen molar-refractivity contribution in [2.24, 2.45) is 0 Å². The zero-order valence-corrected chi connectivity index (χ0v) is 17.1. The van der Waals surface area contributed by atoms with Crippen LogP contribution in [-0.2, 0) is 4.74 Å². The molecule has 2 aromatic carbocycles. The highest BCUT2D eigenvalue weighted by Gasteiger charge is 2.45. The lowest BCUT2D eigenvalue weighted by molar-refractivity contribution is -0.277. The first-order valence-electron chi connectivity index (χ1n) is 9.79. The lowest BCUT2D eigenvalue weighted by atomic mass is 9.99. The summed E-state index contributed by atoms with van der Waals surface area (Å²) < 4.78 is 16.3. The van der Waals surface area contributed by atoms with E-state index in [0.29, 0.717) is 6.07 Å². The summed E-state index contributed by atoms with van der Waals surface area (Å²) in [4.78, 5) is 13.3. The Morgan fingerprint density at radius 1 is 0.853 bits per heavy atom. The molecule has 0 bridgehead atoms. The average Bonchev–Trinajstić information content (AvgIpc) is 2.80. The van der Waals surface area contributed by atoms with Crippen molar-refractivity contribution in [1.29, 1.82) is 0 Å². The zero-order valence-electron chi connectivity index (χ0n) is 17.1. The topological polar surface area (TPSA) is 231 Å². The Morgan fingerprint density at radius 2 is 1.56 bits per heavy atom. The van der Waals surface area contributed by atoms with Crippen molar-refractivity contribution in [1.82, 2.24) is 0 Å². The molecule has 0 radical (unpaired) electrons. The molecule has 182 valence electrons. The number of rotatable bonds is 4. The monoisotopic (exact) mass is 480 g/mol. The molecule has 1 aliphatic heterocycles. The molecule has 3 aromatic rings. The minimum absolute atomic E-state index is 0.0869. The van der Waals surface area contributed by atoms with Crippen LogP contribution in [0.15, 0.2) is 33.5 Å². The molecule has 1 aliphatic rings. The number of fused-ring (bicyclic) bond motifs is 1. The van der Waals surface area contributed by atoms with Gasteiger partial charge < -0.3 is 59.8 Å². The van der Waals surface area contributed by atoms with Gasteiger partial charge in [0.1, 0.15) is 35.6 Å². The van der Waals surface area contributed by atoms with Crippen LogP contribution in [0.25, 0.3) is 22.3 Å². The van der Waals surface area contributed by atoms with Crippen molar-refractivity contribution in [3.63, 3.8) is 0 Å². The predicted molar refractivity (Wildman–Crippen MR) is 111 cm³/mol. The van der Waals surface area contributed by atoms with Crippen LogP contribution >= 0.6 is 0 Å². The maximum atomic E-state index is 13.3. The molecule has 4 rings (SSSR count). The molecule has 0 amide bonds. The van der Waals surface area contributed by atoms with Crippen molar-refractivity contribution in [2.45, 2.75) is 30.7 Å². The van der Waals surface area contributed by atoms with E-state index in [9.17, 15) is 50.8 Å². The Morgan fingerprint density at radius 3 is 2.21 bits per heavy atom. The molecular formula is C21H20O13. The fourth-order valence-electron chi connectivity index (χ4n) is 3.55. The summed E-state index contributed by atoms with van der Waals surface area (Å²) in [5.74, 6) is -4.86. The summed E-state index contributed by atoms with van der Waals surface area (Å²) in [5, 5.41) is 88.7. The first-order chi connectivity index (χ1) is 16.0. The van der Waals surface area contributed by atoms with Gasteiger partial charge in [-0.2, -0.15) is 0 Å². The third-order valence-electron chi connectivity index (χ3n) is 5.38. The standard InChI is InChI=1S/C21H20O13/c22-5-11-14(28)16(30)17(31)21(32-11)34-20-15(29)12-9(25)4-10(26)13(27)19(12)33-18(20)6-1-2-7(23)8(24)3-6/h1-4,11,14,16-17,21-28,30-31H,5H2/t11-,14-,16?,17?,21+/m1/s1. The summed E-state index contributed by atoms with van der Waals surface area (Å²) in [5.41, 5.74) is -1.85. The van der Waals surface area contributed by atoms with Gasteiger partial charge in [0.25, 0.3) is 0 Å². The molecule has 13 heteroatoms. The van der Waals surface area contributed by atoms with Crippen molar-refractivity contribution in [3.05, 3.63) is 34.5 Å². The number of hydrogen-bond donors (Lipinski definition) is 9. The van der Waals surface area contributed by atoms with Gasteiger partial charge in [0.2, 0.25) is 23.2 Å². The van der Waals surface area contributed by atoms with Gasteiger partial charge in [-0.25, -0.2) is 0 Å². The molecule has 0 spiro atoms. The van der Waals surface area contributed by atoms with Crippen molar-refractivity contribution < 1.29 is 59.8 Å². The SMILES string of the molecule is O=c1c(O[C@@H]2O[C@H](CO)[C@@H](O)C(O)C2O)c(-c2ccc(O)c(O)c2)oc2c(O)c(O)cc(O)c12. The van der Waals surface area contributed by atoms with Gasteiger partial charge >= 0.3 is 0 Å². The maximum Gasteiger partial charge on any atom is 0.239 e. The Balaban J connectivity index is 1.95. The van der Waals surface area contributed by atoms with Crippen molar-refractivity contribution in [3.8, 4) is 45.8 Å². The second-order valence-corrected chi connectivity index (χ2v) is 7.58. The molecule has 1 aromatic heterocycles. The molecule has 13 nitrogen and oxygen atoms in total. The highest BCUT2D eigenvalue weighted by Crippen LogP contribution is 2.43. The molecule has 9 N–H and O–H groups in total. The first kappa shape index (κ1) is 23.4. The third kappa shape index (κ3) is 3.70. The number of aliphatic hydroxyl groups is 4. The van der Waals surface area contributed by atoms with Gasteiger partial charge in [0.15, 0.2) is 28.6 Å². The molecule has 2 unspecified atom stereocenters. The normalized spacial score (nSPS) is 24.9. The summed E-state index contributed by atoms with van der Waals surface area (Å²) in [6, 6.07) is 3.89. The minimum atomic E-state index is -1.91.